The van der Waals surface area contributed by atoms with Crippen molar-refractivity contribution in [3.8, 4) is 5.69 Å². The highest BCUT2D eigenvalue weighted by Gasteiger charge is 2.26. The third-order valence-corrected chi connectivity index (χ3v) is 4.17. The molecule has 0 saturated carbocycles. The van der Waals surface area contributed by atoms with Crippen molar-refractivity contribution in [2.75, 3.05) is 19.7 Å². The molecule has 2 aromatic rings. The predicted molar refractivity (Wildman–Crippen MR) is 84.0 cm³/mol. The van der Waals surface area contributed by atoms with Gasteiger partial charge >= 0.3 is 0 Å². The first-order valence-electron chi connectivity index (χ1n) is 7.71. The Morgan fingerprint density at radius 2 is 2.14 bits per heavy atom. The summed E-state index contributed by atoms with van der Waals surface area (Å²) in [7, 11) is 0. The van der Waals surface area contributed by atoms with Crippen LogP contribution in [0.3, 0.4) is 0 Å². The molecule has 1 amide bonds. The quantitative estimate of drug-likeness (QED) is 0.943. The SMILES string of the molecule is Cc1cc(C(=O)N2CCCC(CO)C2)nn1-c1ccccc1. The number of aromatic nitrogens is 2. The zero-order chi connectivity index (χ0) is 15.5. The molecule has 1 atom stereocenters. The van der Waals surface area contributed by atoms with Crippen LogP contribution in [0.2, 0.25) is 0 Å². The molecule has 1 aliphatic heterocycles. The number of benzene rings is 1. The van der Waals surface area contributed by atoms with Gasteiger partial charge in [-0.25, -0.2) is 4.68 Å². The van der Waals surface area contributed by atoms with Gasteiger partial charge in [-0.05, 0) is 43.9 Å². The van der Waals surface area contributed by atoms with E-state index in [1.54, 1.807) is 4.68 Å². The Bertz CT molecular complexity index is 651. The molecule has 2 heterocycles. The first-order chi connectivity index (χ1) is 10.7. The van der Waals surface area contributed by atoms with Crippen LogP contribution in [0.1, 0.15) is 29.0 Å². The van der Waals surface area contributed by atoms with Crippen LogP contribution < -0.4 is 0 Å². The number of hydrogen-bond acceptors (Lipinski definition) is 3. The van der Waals surface area contributed by atoms with Gasteiger partial charge in [-0.3, -0.25) is 4.79 Å². The lowest BCUT2D eigenvalue weighted by Crippen LogP contribution is -2.41. The minimum absolute atomic E-state index is 0.0454. The first kappa shape index (κ1) is 14.8. The zero-order valence-electron chi connectivity index (χ0n) is 12.8. The van der Waals surface area contributed by atoms with E-state index in [0.717, 1.165) is 30.8 Å². The molecule has 1 unspecified atom stereocenters. The molecular formula is C17H21N3O2. The van der Waals surface area contributed by atoms with E-state index in [1.807, 2.05) is 48.2 Å². The molecule has 0 spiro atoms. The summed E-state index contributed by atoms with van der Waals surface area (Å²) in [6, 6.07) is 11.6. The minimum atomic E-state index is -0.0454. The monoisotopic (exact) mass is 299 g/mol. The molecule has 1 N–H and O–H groups in total. The van der Waals surface area contributed by atoms with Crippen LogP contribution in [0.5, 0.6) is 0 Å². The van der Waals surface area contributed by atoms with Gasteiger partial charge in [-0.2, -0.15) is 5.10 Å². The average molecular weight is 299 g/mol. The number of rotatable bonds is 3. The van der Waals surface area contributed by atoms with Crippen molar-refractivity contribution in [3.05, 3.63) is 47.8 Å². The smallest absolute Gasteiger partial charge is 0.274 e. The Hall–Kier alpha value is -2.14. The highest BCUT2D eigenvalue weighted by molar-refractivity contribution is 5.92. The third-order valence-electron chi connectivity index (χ3n) is 4.17. The normalized spacial score (nSPS) is 18.5. The van der Waals surface area contributed by atoms with E-state index in [-0.39, 0.29) is 18.4 Å². The van der Waals surface area contributed by atoms with Crippen LogP contribution in [0.4, 0.5) is 0 Å². The third kappa shape index (κ3) is 2.90. The zero-order valence-corrected chi connectivity index (χ0v) is 12.8. The highest BCUT2D eigenvalue weighted by atomic mass is 16.3. The van der Waals surface area contributed by atoms with E-state index in [4.69, 9.17) is 0 Å². The van der Waals surface area contributed by atoms with Crippen LogP contribution in [0, 0.1) is 12.8 Å². The van der Waals surface area contributed by atoms with Gasteiger partial charge in [0, 0.05) is 25.4 Å². The molecule has 0 radical (unpaired) electrons. The number of carbonyl (C=O) groups is 1. The van der Waals surface area contributed by atoms with E-state index in [0.29, 0.717) is 12.2 Å². The minimum Gasteiger partial charge on any atom is -0.396 e. The molecule has 0 aliphatic carbocycles. The van der Waals surface area contributed by atoms with Crippen molar-refractivity contribution >= 4 is 5.91 Å². The molecule has 1 aromatic carbocycles. The topological polar surface area (TPSA) is 58.4 Å². The number of aliphatic hydroxyl groups is 1. The maximum Gasteiger partial charge on any atom is 0.274 e. The second-order valence-corrected chi connectivity index (χ2v) is 5.86. The molecule has 116 valence electrons. The molecule has 5 heteroatoms. The summed E-state index contributed by atoms with van der Waals surface area (Å²) in [5.74, 6) is 0.144. The summed E-state index contributed by atoms with van der Waals surface area (Å²) < 4.78 is 1.79. The maximum atomic E-state index is 12.6. The Morgan fingerprint density at radius 1 is 1.36 bits per heavy atom. The lowest BCUT2D eigenvalue weighted by atomic mass is 9.99. The number of piperidine rings is 1. The summed E-state index contributed by atoms with van der Waals surface area (Å²) in [6.07, 6.45) is 1.92. The number of likely N-dealkylation sites (tertiary alicyclic amines) is 1. The van der Waals surface area contributed by atoms with Crippen molar-refractivity contribution in [1.29, 1.82) is 0 Å². The molecule has 1 aliphatic rings. The van der Waals surface area contributed by atoms with Crippen LogP contribution in [-0.2, 0) is 0 Å². The number of carbonyl (C=O) groups excluding carboxylic acids is 1. The number of para-hydroxylation sites is 1. The van der Waals surface area contributed by atoms with E-state index in [9.17, 15) is 9.90 Å². The first-order valence-corrected chi connectivity index (χ1v) is 7.71. The Morgan fingerprint density at radius 3 is 2.86 bits per heavy atom. The average Bonchev–Trinajstić information content (AvgIpc) is 2.97. The van der Waals surface area contributed by atoms with Crippen molar-refractivity contribution in [1.82, 2.24) is 14.7 Å². The Balaban J connectivity index is 1.82. The number of aliphatic hydroxyl groups excluding tert-OH is 1. The lowest BCUT2D eigenvalue weighted by Gasteiger charge is -2.31. The number of amides is 1. The standard InChI is InChI=1S/C17H21N3O2/c1-13-10-16(18-20(13)15-7-3-2-4-8-15)17(22)19-9-5-6-14(11-19)12-21/h2-4,7-8,10,14,21H,5-6,9,11-12H2,1H3. The second kappa shape index (κ2) is 6.32. The molecule has 22 heavy (non-hydrogen) atoms. The maximum absolute atomic E-state index is 12.6. The van der Waals surface area contributed by atoms with Gasteiger partial charge in [0.2, 0.25) is 0 Å². The van der Waals surface area contributed by atoms with Gasteiger partial charge in [0.05, 0.1) is 5.69 Å². The van der Waals surface area contributed by atoms with E-state index in [2.05, 4.69) is 5.10 Å². The highest BCUT2D eigenvalue weighted by Crippen LogP contribution is 2.19. The summed E-state index contributed by atoms with van der Waals surface area (Å²) in [5.41, 5.74) is 2.36. The van der Waals surface area contributed by atoms with Gasteiger partial charge in [0.1, 0.15) is 0 Å². The van der Waals surface area contributed by atoms with Crippen LogP contribution in [0.25, 0.3) is 5.69 Å². The molecule has 1 aromatic heterocycles. The number of aryl methyl sites for hydroxylation is 1. The summed E-state index contributed by atoms with van der Waals surface area (Å²) in [4.78, 5) is 14.4. The molecular weight excluding hydrogens is 278 g/mol. The molecule has 1 saturated heterocycles. The van der Waals surface area contributed by atoms with Crippen molar-refractivity contribution in [2.45, 2.75) is 19.8 Å². The van der Waals surface area contributed by atoms with Gasteiger partial charge in [-0.1, -0.05) is 18.2 Å². The van der Waals surface area contributed by atoms with Crippen molar-refractivity contribution in [2.24, 2.45) is 5.92 Å². The fourth-order valence-corrected chi connectivity index (χ4v) is 2.97. The van der Waals surface area contributed by atoms with Gasteiger partial charge in [0.15, 0.2) is 5.69 Å². The molecule has 3 rings (SSSR count). The lowest BCUT2D eigenvalue weighted by molar-refractivity contribution is 0.0614. The van der Waals surface area contributed by atoms with Crippen LogP contribution in [0.15, 0.2) is 36.4 Å². The van der Waals surface area contributed by atoms with Crippen molar-refractivity contribution in [3.63, 3.8) is 0 Å². The van der Waals surface area contributed by atoms with Gasteiger partial charge in [0.25, 0.3) is 5.91 Å². The molecule has 0 bridgehead atoms. The van der Waals surface area contributed by atoms with Gasteiger partial charge < -0.3 is 10.0 Å². The van der Waals surface area contributed by atoms with E-state index >= 15 is 0 Å². The van der Waals surface area contributed by atoms with Crippen molar-refractivity contribution < 1.29 is 9.90 Å². The Labute approximate surface area is 130 Å². The second-order valence-electron chi connectivity index (χ2n) is 5.86. The van der Waals surface area contributed by atoms with Gasteiger partial charge in [-0.15, -0.1) is 0 Å². The summed E-state index contributed by atoms with van der Waals surface area (Å²) in [5, 5.41) is 13.8. The van der Waals surface area contributed by atoms with Crippen LogP contribution in [-0.4, -0.2) is 45.4 Å². The fraction of sp³-hybridized carbons (Fsp3) is 0.412. The summed E-state index contributed by atoms with van der Waals surface area (Å²) >= 11 is 0. The molecule has 5 nitrogen and oxygen atoms in total. The predicted octanol–water partition coefficient (Wildman–Crippen LogP) is 2.03. The van der Waals surface area contributed by atoms with Crippen LogP contribution >= 0.6 is 0 Å². The fourth-order valence-electron chi connectivity index (χ4n) is 2.97. The largest absolute Gasteiger partial charge is 0.396 e. The van der Waals surface area contributed by atoms with E-state index in [1.165, 1.54) is 0 Å². The Kier molecular flexibility index (Phi) is 4.24. The number of hydrogen-bond donors (Lipinski definition) is 1. The molecule has 1 fully saturated rings. The van der Waals surface area contributed by atoms with E-state index < -0.39 is 0 Å². The summed E-state index contributed by atoms with van der Waals surface area (Å²) in [6.45, 7) is 3.45. The number of nitrogens with zero attached hydrogens (tertiary/aromatic N) is 3.